The number of Topliss-reactive ketones (excluding diaryl/α,β-unsaturated/α-hetero) is 1. The van der Waals surface area contributed by atoms with Crippen LogP contribution in [0.3, 0.4) is 0 Å². The molecule has 0 spiro atoms. The molecule has 17 heavy (non-hydrogen) atoms. The van der Waals surface area contributed by atoms with Gasteiger partial charge in [0.1, 0.15) is 11.8 Å². The van der Waals surface area contributed by atoms with Gasteiger partial charge in [-0.1, -0.05) is 30.3 Å². The van der Waals surface area contributed by atoms with Crippen LogP contribution in [-0.2, 0) is 14.3 Å². The second kappa shape index (κ2) is 6.15. The number of carbonyl (C=O) groups is 2. The molecule has 2 atom stereocenters. The predicted molar refractivity (Wildman–Crippen MR) is 64.5 cm³/mol. The van der Waals surface area contributed by atoms with Crippen LogP contribution in [0.25, 0.3) is 0 Å². The molecule has 0 bridgehead atoms. The molecule has 0 saturated heterocycles. The van der Waals surface area contributed by atoms with Crippen molar-refractivity contribution in [2.45, 2.75) is 25.8 Å². The molecular formula is C13H17NO3. The number of ether oxygens (including phenoxy) is 1. The highest BCUT2D eigenvalue weighted by atomic mass is 16.5. The van der Waals surface area contributed by atoms with Crippen LogP contribution in [0.5, 0.6) is 0 Å². The zero-order chi connectivity index (χ0) is 12.8. The maximum Gasteiger partial charge on any atom is 0.324 e. The van der Waals surface area contributed by atoms with E-state index in [1.165, 1.54) is 6.92 Å². The molecule has 4 heteroatoms. The summed E-state index contributed by atoms with van der Waals surface area (Å²) < 4.78 is 4.84. The molecular weight excluding hydrogens is 218 g/mol. The minimum absolute atomic E-state index is 0.142. The number of hydrogen-bond acceptors (Lipinski definition) is 4. The molecule has 0 fully saturated rings. The molecule has 0 radical (unpaired) electrons. The SMILES string of the molecule is CCOC(=O)[C@@H](N)[C@H](C(C)=O)c1ccccc1. The van der Waals surface area contributed by atoms with Gasteiger partial charge in [-0.15, -0.1) is 0 Å². The van der Waals surface area contributed by atoms with Crippen molar-refractivity contribution in [1.29, 1.82) is 0 Å². The second-order valence-electron chi connectivity index (χ2n) is 3.78. The normalized spacial score (nSPS) is 13.8. The lowest BCUT2D eigenvalue weighted by molar-refractivity contribution is -0.146. The van der Waals surface area contributed by atoms with Crippen molar-refractivity contribution >= 4 is 11.8 Å². The van der Waals surface area contributed by atoms with Crippen LogP contribution in [-0.4, -0.2) is 24.4 Å². The zero-order valence-electron chi connectivity index (χ0n) is 10.1. The Balaban J connectivity index is 2.94. The Morgan fingerprint density at radius 3 is 2.35 bits per heavy atom. The average molecular weight is 235 g/mol. The molecule has 0 aliphatic rings. The third kappa shape index (κ3) is 3.39. The standard InChI is InChI=1S/C13H17NO3/c1-3-17-13(16)12(14)11(9(2)15)10-7-5-4-6-8-10/h4-8,11-12H,3,14H2,1-2H3/t11-,12+/m1/s1. The smallest absolute Gasteiger partial charge is 0.324 e. The summed E-state index contributed by atoms with van der Waals surface area (Å²) in [6, 6.07) is 8.08. The van der Waals surface area contributed by atoms with Crippen LogP contribution < -0.4 is 5.73 Å². The molecule has 92 valence electrons. The molecule has 0 unspecified atom stereocenters. The molecule has 1 aromatic carbocycles. The first-order valence-electron chi connectivity index (χ1n) is 5.55. The van der Waals surface area contributed by atoms with Crippen molar-refractivity contribution in [1.82, 2.24) is 0 Å². The van der Waals surface area contributed by atoms with Gasteiger partial charge in [-0.25, -0.2) is 0 Å². The van der Waals surface area contributed by atoms with Gasteiger partial charge in [0.05, 0.1) is 12.5 Å². The van der Waals surface area contributed by atoms with Gasteiger partial charge in [-0.3, -0.25) is 9.59 Å². The number of nitrogens with two attached hydrogens (primary N) is 1. The minimum atomic E-state index is -0.949. The van der Waals surface area contributed by atoms with E-state index in [0.29, 0.717) is 0 Å². The summed E-state index contributed by atoms with van der Waals surface area (Å²) >= 11 is 0. The van der Waals surface area contributed by atoms with Gasteiger partial charge in [-0.05, 0) is 19.4 Å². The second-order valence-corrected chi connectivity index (χ2v) is 3.78. The fourth-order valence-electron chi connectivity index (χ4n) is 1.73. The Bertz CT molecular complexity index is 389. The van der Waals surface area contributed by atoms with E-state index in [-0.39, 0.29) is 12.4 Å². The quantitative estimate of drug-likeness (QED) is 0.780. The summed E-state index contributed by atoms with van der Waals surface area (Å²) in [6.07, 6.45) is 0. The van der Waals surface area contributed by atoms with Crippen molar-refractivity contribution in [2.24, 2.45) is 5.73 Å². The maximum atomic E-state index is 11.6. The van der Waals surface area contributed by atoms with Gasteiger partial charge in [0.2, 0.25) is 0 Å². The van der Waals surface area contributed by atoms with Gasteiger partial charge in [-0.2, -0.15) is 0 Å². The van der Waals surface area contributed by atoms with Crippen LogP contribution in [0.4, 0.5) is 0 Å². The third-order valence-corrected chi connectivity index (χ3v) is 2.51. The number of rotatable bonds is 5. The van der Waals surface area contributed by atoms with Crippen LogP contribution in [0.15, 0.2) is 30.3 Å². The summed E-state index contributed by atoms with van der Waals surface area (Å²) in [7, 11) is 0. The molecule has 0 aliphatic heterocycles. The largest absolute Gasteiger partial charge is 0.465 e. The molecule has 4 nitrogen and oxygen atoms in total. The molecule has 1 rings (SSSR count). The maximum absolute atomic E-state index is 11.6. The van der Waals surface area contributed by atoms with Crippen molar-refractivity contribution < 1.29 is 14.3 Å². The lowest BCUT2D eigenvalue weighted by atomic mass is 9.89. The number of esters is 1. The summed E-state index contributed by atoms with van der Waals surface area (Å²) in [4.78, 5) is 23.2. The molecule has 0 amide bonds. The number of ketones is 1. The first-order chi connectivity index (χ1) is 8.07. The van der Waals surface area contributed by atoms with Gasteiger partial charge in [0.15, 0.2) is 0 Å². The van der Waals surface area contributed by atoms with E-state index in [2.05, 4.69) is 0 Å². The van der Waals surface area contributed by atoms with Crippen molar-refractivity contribution in [2.75, 3.05) is 6.61 Å². The molecule has 0 aromatic heterocycles. The monoisotopic (exact) mass is 235 g/mol. The molecule has 1 aromatic rings. The lowest BCUT2D eigenvalue weighted by Crippen LogP contribution is -2.41. The fraction of sp³-hybridized carbons (Fsp3) is 0.385. The molecule has 2 N–H and O–H groups in total. The summed E-state index contributed by atoms with van der Waals surface area (Å²) in [5, 5.41) is 0. The summed E-state index contributed by atoms with van der Waals surface area (Å²) in [6.45, 7) is 3.39. The first kappa shape index (κ1) is 13.4. The Morgan fingerprint density at radius 1 is 1.29 bits per heavy atom. The van der Waals surface area contributed by atoms with Crippen LogP contribution >= 0.6 is 0 Å². The van der Waals surface area contributed by atoms with Gasteiger partial charge in [0.25, 0.3) is 0 Å². The fourth-order valence-corrected chi connectivity index (χ4v) is 1.73. The van der Waals surface area contributed by atoms with Crippen molar-refractivity contribution in [3.63, 3.8) is 0 Å². The molecule has 0 heterocycles. The van der Waals surface area contributed by atoms with Gasteiger partial charge < -0.3 is 10.5 Å². The van der Waals surface area contributed by atoms with E-state index in [0.717, 1.165) is 5.56 Å². The Kier molecular flexibility index (Phi) is 4.84. The summed E-state index contributed by atoms with van der Waals surface area (Å²) in [5.74, 6) is -1.33. The Morgan fingerprint density at radius 2 is 1.88 bits per heavy atom. The Labute approximate surface area is 101 Å². The Hall–Kier alpha value is -1.68. The van der Waals surface area contributed by atoms with Gasteiger partial charge >= 0.3 is 5.97 Å². The number of carbonyl (C=O) groups excluding carboxylic acids is 2. The summed E-state index contributed by atoms with van der Waals surface area (Å²) in [5.41, 5.74) is 6.52. The van der Waals surface area contributed by atoms with E-state index in [1.807, 2.05) is 18.2 Å². The van der Waals surface area contributed by atoms with Crippen molar-refractivity contribution in [3.05, 3.63) is 35.9 Å². The van der Waals surface area contributed by atoms with E-state index in [4.69, 9.17) is 10.5 Å². The van der Waals surface area contributed by atoms with Crippen LogP contribution in [0.1, 0.15) is 25.3 Å². The highest BCUT2D eigenvalue weighted by Crippen LogP contribution is 2.20. The van der Waals surface area contributed by atoms with Crippen LogP contribution in [0.2, 0.25) is 0 Å². The van der Waals surface area contributed by atoms with E-state index in [1.54, 1.807) is 19.1 Å². The van der Waals surface area contributed by atoms with E-state index >= 15 is 0 Å². The molecule has 0 aliphatic carbocycles. The minimum Gasteiger partial charge on any atom is -0.465 e. The van der Waals surface area contributed by atoms with Crippen molar-refractivity contribution in [3.8, 4) is 0 Å². The third-order valence-electron chi connectivity index (χ3n) is 2.51. The highest BCUT2D eigenvalue weighted by Gasteiger charge is 2.30. The van der Waals surface area contributed by atoms with Gasteiger partial charge in [0, 0.05) is 0 Å². The van der Waals surface area contributed by atoms with E-state index < -0.39 is 17.9 Å². The average Bonchev–Trinajstić information content (AvgIpc) is 2.30. The lowest BCUT2D eigenvalue weighted by Gasteiger charge is -2.20. The number of benzene rings is 1. The van der Waals surface area contributed by atoms with E-state index in [9.17, 15) is 9.59 Å². The molecule has 0 saturated carbocycles. The first-order valence-corrected chi connectivity index (χ1v) is 5.55. The van der Waals surface area contributed by atoms with Crippen LogP contribution in [0, 0.1) is 0 Å². The predicted octanol–water partition coefficient (Wildman–Crippen LogP) is 1.25. The topological polar surface area (TPSA) is 69.4 Å². The highest BCUT2D eigenvalue weighted by molar-refractivity contribution is 5.91. The zero-order valence-corrected chi connectivity index (χ0v) is 10.1. The number of hydrogen-bond donors (Lipinski definition) is 1.